The summed E-state index contributed by atoms with van der Waals surface area (Å²) in [6, 6.07) is 11.4. The van der Waals surface area contributed by atoms with Crippen LogP contribution in [0.1, 0.15) is 43.6 Å². The van der Waals surface area contributed by atoms with Crippen LogP contribution in [0.15, 0.2) is 30.3 Å². The Kier molecular flexibility index (Phi) is 4.12. The van der Waals surface area contributed by atoms with E-state index in [1.54, 1.807) is 0 Å². The summed E-state index contributed by atoms with van der Waals surface area (Å²) in [5, 5.41) is 3.40. The number of likely N-dealkylation sites (tertiary alicyclic amines) is 1. The van der Waals surface area contributed by atoms with Crippen molar-refractivity contribution in [1.82, 2.24) is 10.2 Å². The summed E-state index contributed by atoms with van der Waals surface area (Å²) >= 11 is 0. The van der Waals surface area contributed by atoms with E-state index < -0.39 is 0 Å². The van der Waals surface area contributed by atoms with E-state index in [1.807, 2.05) is 0 Å². The quantitative estimate of drug-likeness (QED) is 0.911. The highest BCUT2D eigenvalue weighted by atomic mass is 16.5. The van der Waals surface area contributed by atoms with Crippen LogP contribution in [0.5, 0.6) is 0 Å². The van der Waals surface area contributed by atoms with Gasteiger partial charge >= 0.3 is 0 Å². The first-order valence-electron chi connectivity index (χ1n) is 8.95. The summed E-state index contributed by atoms with van der Waals surface area (Å²) in [4.78, 5) is 14.8. The Morgan fingerprint density at radius 3 is 2.70 bits per heavy atom. The van der Waals surface area contributed by atoms with Crippen molar-refractivity contribution in [1.29, 1.82) is 0 Å². The third-order valence-electron chi connectivity index (χ3n) is 5.89. The van der Waals surface area contributed by atoms with Crippen molar-refractivity contribution in [2.45, 2.75) is 49.6 Å². The number of ether oxygens (including phenoxy) is 1. The van der Waals surface area contributed by atoms with E-state index in [0.717, 1.165) is 52.0 Å². The van der Waals surface area contributed by atoms with Gasteiger partial charge in [0.05, 0.1) is 5.54 Å². The summed E-state index contributed by atoms with van der Waals surface area (Å²) in [5.74, 6) is 0.627. The first-order chi connectivity index (χ1) is 11.3. The second-order valence-corrected chi connectivity index (χ2v) is 7.29. The number of hydrogen-bond acceptors (Lipinski definition) is 3. The summed E-state index contributed by atoms with van der Waals surface area (Å²) < 4.78 is 5.53. The first-order valence-corrected chi connectivity index (χ1v) is 8.95. The number of piperidine rings is 1. The lowest BCUT2D eigenvalue weighted by Gasteiger charge is -2.40. The minimum absolute atomic E-state index is 0.0744. The van der Waals surface area contributed by atoms with Gasteiger partial charge in [0.15, 0.2) is 0 Å². The fourth-order valence-corrected chi connectivity index (χ4v) is 4.73. The van der Waals surface area contributed by atoms with Gasteiger partial charge in [0.1, 0.15) is 0 Å². The zero-order chi connectivity index (χ0) is 15.7. The minimum atomic E-state index is -0.0744. The molecule has 3 aliphatic heterocycles. The van der Waals surface area contributed by atoms with E-state index in [0.29, 0.717) is 18.4 Å². The molecule has 3 saturated heterocycles. The van der Waals surface area contributed by atoms with Crippen molar-refractivity contribution >= 4 is 5.91 Å². The molecule has 3 fully saturated rings. The summed E-state index contributed by atoms with van der Waals surface area (Å²) in [6.07, 6.45) is 5.02. The Labute approximate surface area is 138 Å². The maximum atomic E-state index is 12.1. The van der Waals surface area contributed by atoms with Crippen molar-refractivity contribution in [3.8, 4) is 0 Å². The maximum Gasteiger partial charge on any atom is 0.220 e. The third-order valence-corrected chi connectivity index (χ3v) is 5.89. The molecule has 1 N–H and O–H groups in total. The molecule has 0 bridgehead atoms. The van der Waals surface area contributed by atoms with Crippen LogP contribution >= 0.6 is 0 Å². The number of amides is 1. The number of hydrogen-bond donors (Lipinski definition) is 1. The number of rotatable bonds is 2. The average Bonchev–Trinajstić information content (AvgIpc) is 2.95. The lowest BCUT2D eigenvalue weighted by molar-refractivity contribution is -0.125. The van der Waals surface area contributed by atoms with Crippen molar-refractivity contribution in [2.75, 3.05) is 26.3 Å². The van der Waals surface area contributed by atoms with Gasteiger partial charge < -0.3 is 10.1 Å². The smallest absolute Gasteiger partial charge is 0.220 e. The number of carbonyl (C=O) groups excluding carboxylic acids is 1. The molecule has 4 heteroatoms. The molecular weight excluding hydrogens is 288 g/mol. The zero-order valence-electron chi connectivity index (χ0n) is 13.7. The molecule has 1 aromatic rings. The molecule has 0 aromatic heterocycles. The van der Waals surface area contributed by atoms with E-state index in [2.05, 4.69) is 40.5 Å². The van der Waals surface area contributed by atoms with E-state index in [4.69, 9.17) is 4.74 Å². The van der Waals surface area contributed by atoms with Crippen LogP contribution in [-0.2, 0) is 9.53 Å². The lowest BCUT2D eigenvalue weighted by atomic mass is 9.76. The maximum absolute atomic E-state index is 12.1. The van der Waals surface area contributed by atoms with E-state index in [1.165, 1.54) is 5.56 Å². The van der Waals surface area contributed by atoms with Crippen LogP contribution < -0.4 is 5.32 Å². The Bertz CT molecular complexity index is 556. The van der Waals surface area contributed by atoms with Crippen molar-refractivity contribution in [3.63, 3.8) is 0 Å². The van der Waals surface area contributed by atoms with Crippen molar-refractivity contribution in [3.05, 3.63) is 35.9 Å². The molecule has 4 rings (SSSR count). The Hall–Kier alpha value is -1.39. The number of nitrogens with zero attached hydrogens (tertiary/aromatic N) is 1. The molecule has 23 heavy (non-hydrogen) atoms. The predicted octanol–water partition coefficient (Wildman–Crippen LogP) is 2.30. The highest BCUT2D eigenvalue weighted by molar-refractivity contribution is 5.78. The van der Waals surface area contributed by atoms with Crippen LogP contribution in [0.2, 0.25) is 0 Å². The van der Waals surface area contributed by atoms with Gasteiger partial charge in [0.2, 0.25) is 5.91 Å². The standard InChI is InChI=1S/C19H26N2O2/c22-18-7-4-10-19(20-18)14-21(16-8-11-23-12-9-16)13-17(19)15-5-2-1-3-6-15/h1-3,5-6,16-17H,4,7-14H2,(H,20,22)/t17-,19-/m1/s1. The molecule has 4 nitrogen and oxygen atoms in total. The van der Waals surface area contributed by atoms with Gasteiger partial charge in [0, 0.05) is 44.7 Å². The SMILES string of the molecule is O=C1CCC[C@]2(CN(C3CCOCC3)C[C@@H]2c2ccccc2)N1. The van der Waals surface area contributed by atoms with Gasteiger partial charge in [-0.1, -0.05) is 30.3 Å². The van der Waals surface area contributed by atoms with Gasteiger partial charge in [-0.3, -0.25) is 9.69 Å². The number of benzene rings is 1. The van der Waals surface area contributed by atoms with Crippen LogP contribution in [0.4, 0.5) is 0 Å². The highest BCUT2D eigenvalue weighted by Crippen LogP contribution is 2.42. The van der Waals surface area contributed by atoms with Crippen LogP contribution in [0.3, 0.4) is 0 Å². The molecule has 1 amide bonds. The predicted molar refractivity (Wildman–Crippen MR) is 89.3 cm³/mol. The highest BCUT2D eigenvalue weighted by Gasteiger charge is 2.50. The molecule has 1 spiro atoms. The number of nitrogens with one attached hydrogen (secondary N) is 1. The molecule has 0 unspecified atom stereocenters. The molecule has 0 radical (unpaired) electrons. The molecular formula is C19H26N2O2. The van der Waals surface area contributed by atoms with Crippen LogP contribution in [0, 0.1) is 0 Å². The fourth-order valence-electron chi connectivity index (χ4n) is 4.73. The Morgan fingerprint density at radius 2 is 1.96 bits per heavy atom. The van der Waals surface area contributed by atoms with Gasteiger partial charge in [0.25, 0.3) is 0 Å². The molecule has 3 aliphatic rings. The van der Waals surface area contributed by atoms with E-state index >= 15 is 0 Å². The third kappa shape index (κ3) is 2.90. The normalized spacial score (nSPS) is 33.0. The molecule has 1 aromatic carbocycles. The van der Waals surface area contributed by atoms with Gasteiger partial charge in [-0.25, -0.2) is 0 Å². The Balaban J connectivity index is 1.62. The monoisotopic (exact) mass is 314 g/mol. The largest absolute Gasteiger partial charge is 0.381 e. The Morgan fingerprint density at radius 1 is 1.17 bits per heavy atom. The summed E-state index contributed by atoms with van der Waals surface area (Å²) in [6.45, 7) is 3.78. The summed E-state index contributed by atoms with van der Waals surface area (Å²) in [5.41, 5.74) is 1.29. The average molecular weight is 314 g/mol. The van der Waals surface area contributed by atoms with Crippen LogP contribution in [0.25, 0.3) is 0 Å². The van der Waals surface area contributed by atoms with E-state index in [9.17, 15) is 4.79 Å². The van der Waals surface area contributed by atoms with Crippen molar-refractivity contribution < 1.29 is 9.53 Å². The second-order valence-electron chi connectivity index (χ2n) is 7.29. The molecule has 2 atom stereocenters. The molecule has 0 saturated carbocycles. The summed E-state index contributed by atoms with van der Waals surface area (Å²) in [7, 11) is 0. The first kappa shape index (κ1) is 15.2. The molecule has 3 heterocycles. The van der Waals surface area contributed by atoms with Gasteiger partial charge in [-0.15, -0.1) is 0 Å². The van der Waals surface area contributed by atoms with E-state index in [-0.39, 0.29) is 11.4 Å². The van der Waals surface area contributed by atoms with Crippen molar-refractivity contribution in [2.24, 2.45) is 0 Å². The van der Waals surface area contributed by atoms with Gasteiger partial charge in [-0.05, 0) is 31.2 Å². The van der Waals surface area contributed by atoms with Crippen LogP contribution in [-0.4, -0.2) is 48.7 Å². The lowest BCUT2D eigenvalue weighted by Crippen LogP contribution is -2.56. The topological polar surface area (TPSA) is 41.6 Å². The molecule has 0 aliphatic carbocycles. The molecule has 124 valence electrons. The second kappa shape index (κ2) is 6.25. The zero-order valence-corrected chi connectivity index (χ0v) is 13.7. The fraction of sp³-hybridized carbons (Fsp3) is 0.632. The minimum Gasteiger partial charge on any atom is -0.381 e. The van der Waals surface area contributed by atoms with Gasteiger partial charge in [-0.2, -0.15) is 0 Å². The number of carbonyl (C=O) groups is 1.